The van der Waals surface area contributed by atoms with Gasteiger partial charge in [-0.1, -0.05) is 19.8 Å². The minimum absolute atomic E-state index is 0.0810. The van der Waals surface area contributed by atoms with Gasteiger partial charge in [0.15, 0.2) is 0 Å². The summed E-state index contributed by atoms with van der Waals surface area (Å²) < 4.78 is 0. The Labute approximate surface area is 105 Å². The van der Waals surface area contributed by atoms with E-state index in [0.29, 0.717) is 6.42 Å². The molecule has 0 radical (unpaired) electrons. The Balaban J connectivity index is 0. The molecule has 0 aliphatic rings. The fourth-order valence-corrected chi connectivity index (χ4v) is 1.26. The van der Waals surface area contributed by atoms with E-state index in [1.54, 1.807) is 6.92 Å². The third-order valence-corrected chi connectivity index (χ3v) is 2.38. The van der Waals surface area contributed by atoms with Crippen LogP contribution >= 0.6 is 0 Å². The third kappa shape index (κ3) is 21.6. The van der Waals surface area contributed by atoms with Crippen LogP contribution in [0.4, 0.5) is 0 Å². The molecule has 0 aromatic rings. The molecule has 106 valence electrons. The molecule has 0 bridgehead atoms. The SMILES string of the molecule is CC(O)CCO.CCCCC(O)CCCCO. The van der Waals surface area contributed by atoms with E-state index < -0.39 is 0 Å². The minimum atomic E-state index is -0.352. The second kappa shape index (κ2) is 15.8. The highest BCUT2D eigenvalue weighted by molar-refractivity contribution is 4.55. The van der Waals surface area contributed by atoms with Crippen LogP contribution in [-0.2, 0) is 0 Å². The van der Waals surface area contributed by atoms with Gasteiger partial charge in [-0.2, -0.15) is 0 Å². The van der Waals surface area contributed by atoms with Crippen molar-refractivity contribution >= 4 is 0 Å². The van der Waals surface area contributed by atoms with Gasteiger partial charge in [0.25, 0.3) is 0 Å². The van der Waals surface area contributed by atoms with Crippen LogP contribution in [0.5, 0.6) is 0 Å². The van der Waals surface area contributed by atoms with Crippen molar-refractivity contribution in [2.24, 2.45) is 0 Å². The van der Waals surface area contributed by atoms with Gasteiger partial charge in [0.05, 0.1) is 12.2 Å². The molecule has 4 heteroatoms. The molecule has 0 amide bonds. The zero-order valence-corrected chi connectivity index (χ0v) is 11.3. The zero-order chi connectivity index (χ0) is 13.5. The quantitative estimate of drug-likeness (QED) is 0.467. The molecule has 0 heterocycles. The first kappa shape index (κ1) is 19.2. The number of hydrogen-bond donors (Lipinski definition) is 4. The first-order chi connectivity index (χ1) is 8.08. The van der Waals surface area contributed by atoms with E-state index in [-0.39, 0.29) is 25.4 Å². The lowest BCUT2D eigenvalue weighted by Crippen LogP contribution is -2.05. The molecular weight excluding hydrogens is 220 g/mol. The lowest BCUT2D eigenvalue weighted by atomic mass is 10.1. The van der Waals surface area contributed by atoms with E-state index in [0.717, 1.165) is 38.5 Å². The lowest BCUT2D eigenvalue weighted by Gasteiger charge is -2.08. The van der Waals surface area contributed by atoms with Crippen LogP contribution < -0.4 is 0 Å². The van der Waals surface area contributed by atoms with Gasteiger partial charge >= 0.3 is 0 Å². The maximum atomic E-state index is 9.33. The highest BCUT2D eigenvalue weighted by Crippen LogP contribution is 2.07. The van der Waals surface area contributed by atoms with Crippen molar-refractivity contribution in [3.05, 3.63) is 0 Å². The van der Waals surface area contributed by atoms with Gasteiger partial charge in [-0.25, -0.2) is 0 Å². The summed E-state index contributed by atoms with van der Waals surface area (Å²) in [7, 11) is 0. The summed E-state index contributed by atoms with van der Waals surface area (Å²) in [6.45, 7) is 4.11. The second-order valence-corrected chi connectivity index (χ2v) is 4.38. The van der Waals surface area contributed by atoms with Gasteiger partial charge < -0.3 is 20.4 Å². The first-order valence-electron chi connectivity index (χ1n) is 6.66. The van der Waals surface area contributed by atoms with Crippen molar-refractivity contribution in [3.63, 3.8) is 0 Å². The van der Waals surface area contributed by atoms with Gasteiger partial charge in [-0.05, 0) is 39.0 Å². The molecule has 2 atom stereocenters. The minimum Gasteiger partial charge on any atom is -0.396 e. The van der Waals surface area contributed by atoms with Crippen molar-refractivity contribution in [1.29, 1.82) is 0 Å². The Bertz CT molecular complexity index is 129. The molecule has 0 aromatic carbocycles. The van der Waals surface area contributed by atoms with Crippen LogP contribution in [0, 0.1) is 0 Å². The molecule has 0 spiro atoms. The average Bonchev–Trinajstić information content (AvgIpc) is 2.27. The van der Waals surface area contributed by atoms with Crippen molar-refractivity contribution in [1.82, 2.24) is 0 Å². The summed E-state index contributed by atoms with van der Waals surface area (Å²) in [5.74, 6) is 0. The number of rotatable bonds is 9. The van der Waals surface area contributed by atoms with Gasteiger partial charge in [0, 0.05) is 13.2 Å². The average molecular weight is 250 g/mol. The van der Waals surface area contributed by atoms with E-state index in [4.69, 9.17) is 15.3 Å². The highest BCUT2D eigenvalue weighted by Gasteiger charge is 2.01. The van der Waals surface area contributed by atoms with Crippen LogP contribution in [0.1, 0.15) is 58.8 Å². The number of aliphatic hydroxyl groups excluding tert-OH is 4. The summed E-state index contributed by atoms with van der Waals surface area (Å²) in [5.41, 5.74) is 0. The molecule has 0 saturated carbocycles. The Hall–Kier alpha value is -0.160. The molecule has 4 nitrogen and oxygen atoms in total. The summed E-state index contributed by atoms with van der Waals surface area (Å²) in [6, 6.07) is 0. The van der Waals surface area contributed by atoms with Gasteiger partial charge in [0.1, 0.15) is 0 Å². The van der Waals surface area contributed by atoms with Crippen LogP contribution in [0.25, 0.3) is 0 Å². The molecule has 0 aliphatic carbocycles. The van der Waals surface area contributed by atoms with Gasteiger partial charge in [0.2, 0.25) is 0 Å². The van der Waals surface area contributed by atoms with Crippen molar-refractivity contribution in [2.75, 3.05) is 13.2 Å². The summed E-state index contributed by atoms with van der Waals surface area (Å²) in [5, 5.41) is 34.3. The number of unbranched alkanes of at least 4 members (excludes halogenated alkanes) is 2. The Kier molecular flexibility index (Phi) is 17.9. The molecule has 17 heavy (non-hydrogen) atoms. The predicted molar refractivity (Wildman–Crippen MR) is 69.9 cm³/mol. The van der Waals surface area contributed by atoms with E-state index in [1.165, 1.54) is 0 Å². The largest absolute Gasteiger partial charge is 0.396 e. The van der Waals surface area contributed by atoms with E-state index >= 15 is 0 Å². The summed E-state index contributed by atoms with van der Waals surface area (Å²) >= 11 is 0. The van der Waals surface area contributed by atoms with Crippen LogP contribution in [0.2, 0.25) is 0 Å². The summed E-state index contributed by atoms with van der Waals surface area (Å²) in [6.07, 6.45) is 5.79. The van der Waals surface area contributed by atoms with E-state index in [2.05, 4.69) is 6.92 Å². The molecule has 0 rings (SSSR count). The molecule has 0 aromatic heterocycles. The summed E-state index contributed by atoms with van der Waals surface area (Å²) in [4.78, 5) is 0. The fraction of sp³-hybridized carbons (Fsp3) is 1.00. The van der Waals surface area contributed by atoms with Crippen LogP contribution in [0.15, 0.2) is 0 Å². The number of aliphatic hydroxyl groups is 4. The monoisotopic (exact) mass is 250 g/mol. The van der Waals surface area contributed by atoms with Gasteiger partial charge in [-0.15, -0.1) is 0 Å². The Morgan fingerprint density at radius 2 is 1.41 bits per heavy atom. The van der Waals surface area contributed by atoms with E-state index in [9.17, 15) is 5.11 Å². The Morgan fingerprint density at radius 1 is 0.824 bits per heavy atom. The smallest absolute Gasteiger partial charge is 0.0540 e. The topological polar surface area (TPSA) is 80.9 Å². The van der Waals surface area contributed by atoms with Gasteiger partial charge in [-0.3, -0.25) is 0 Å². The van der Waals surface area contributed by atoms with Crippen LogP contribution in [-0.4, -0.2) is 45.8 Å². The second-order valence-electron chi connectivity index (χ2n) is 4.38. The molecule has 2 unspecified atom stereocenters. The lowest BCUT2D eigenvalue weighted by molar-refractivity contribution is 0.145. The van der Waals surface area contributed by atoms with Crippen LogP contribution in [0.3, 0.4) is 0 Å². The fourth-order valence-electron chi connectivity index (χ4n) is 1.26. The maximum absolute atomic E-state index is 9.33. The van der Waals surface area contributed by atoms with Crippen molar-refractivity contribution in [3.8, 4) is 0 Å². The third-order valence-electron chi connectivity index (χ3n) is 2.38. The van der Waals surface area contributed by atoms with Crippen molar-refractivity contribution < 1.29 is 20.4 Å². The standard InChI is InChI=1S/C9H20O2.C4H10O2/c1-2-3-6-9(11)7-4-5-8-10;1-4(6)2-3-5/h9-11H,2-8H2,1H3;4-6H,2-3H2,1H3. The van der Waals surface area contributed by atoms with Crippen molar-refractivity contribution in [2.45, 2.75) is 71.0 Å². The number of hydrogen-bond acceptors (Lipinski definition) is 4. The predicted octanol–water partition coefficient (Wildman–Crippen LogP) is 1.45. The molecule has 0 saturated heterocycles. The highest BCUT2D eigenvalue weighted by atomic mass is 16.3. The first-order valence-corrected chi connectivity index (χ1v) is 6.66. The maximum Gasteiger partial charge on any atom is 0.0540 e. The molecule has 0 aliphatic heterocycles. The molecule has 4 N–H and O–H groups in total. The molecule has 0 fully saturated rings. The Morgan fingerprint density at radius 3 is 1.76 bits per heavy atom. The zero-order valence-electron chi connectivity index (χ0n) is 11.3. The normalized spacial score (nSPS) is 13.8. The van der Waals surface area contributed by atoms with E-state index in [1.807, 2.05) is 0 Å². The molecular formula is C13H30O4.